The normalized spacial score (nSPS) is 20.9. The van der Waals surface area contributed by atoms with Crippen LogP contribution in [-0.4, -0.2) is 31.7 Å². The zero-order valence-corrected chi connectivity index (χ0v) is 8.91. The number of anilines is 1. The van der Waals surface area contributed by atoms with Crippen LogP contribution in [0, 0.1) is 11.7 Å². The highest BCUT2D eigenvalue weighted by Crippen LogP contribution is 2.21. The molecule has 3 nitrogen and oxygen atoms in total. The van der Waals surface area contributed by atoms with Crippen LogP contribution >= 0.6 is 0 Å². The average Bonchev–Trinajstić information content (AvgIpc) is 2.68. The van der Waals surface area contributed by atoms with Crippen molar-refractivity contribution < 1.29 is 4.39 Å². The summed E-state index contributed by atoms with van der Waals surface area (Å²) in [6.45, 7) is 3.07. The summed E-state index contributed by atoms with van der Waals surface area (Å²) >= 11 is 0. The minimum absolute atomic E-state index is 0.273. The van der Waals surface area contributed by atoms with Gasteiger partial charge in [-0.05, 0) is 38.1 Å². The Morgan fingerprint density at radius 2 is 2.47 bits per heavy atom. The molecule has 2 rings (SSSR count). The van der Waals surface area contributed by atoms with Gasteiger partial charge >= 0.3 is 0 Å². The van der Waals surface area contributed by atoms with Gasteiger partial charge in [0.25, 0.3) is 0 Å². The van der Waals surface area contributed by atoms with Crippen molar-refractivity contribution in [1.82, 2.24) is 10.3 Å². The van der Waals surface area contributed by atoms with E-state index in [2.05, 4.69) is 15.2 Å². The van der Waals surface area contributed by atoms with E-state index in [4.69, 9.17) is 0 Å². The summed E-state index contributed by atoms with van der Waals surface area (Å²) in [4.78, 5) is 6.30. The number of hydrogen-bond donors (Lipinski definition) is 1. The molecule has 1 unspecified atom stereocenters. The lowest BCUT2D eigenvalue weighted by atomic mass is 10.1. The molecule has 1 saturated heterocycles. The number of aromatic nitrogens is 1. The summed E-state index contributed by atoms with van der Waals surface area (Å²) in [5.41, 5.74) is 0. The molecule has 2 heterocycles. The van der Waals surface area contributed by atoms with E-state index in [0.29, 0.717) is 5.92 Å². The average molecular weight is 209 g/mol. The van der Waals surface area contributed by atoms with E-state index in [9.17, 15) is 4.39 Å². The number of pyridine rings is 1. The first-order valence-electron chi connectivity index (χ1n) is 5.30. The topological polar surface area (TPSA) is 28.2 Å². The van der Waals surface area contributed by atoms with Crippen molar-refractivity contribution in [2.24, 2.45) is 5.92 Å². The van der Waals surface area contributed by atoms with E-state index >= 15 is 0 Å². The van der Waals surface area contributed by atoms with Crippen LogP contribution in [0.5, 0.6) is 0 Å². The Kier molecular flexibility index (Phi) is 3.16. The molecule has 0 radical (unpaired) electrons. The summed E-state index contributed by atoms with van der Waals surface area (Å²) in [7, 11) is 1.97. The SMILES string of the molecule is CNCC1CCN(c2ccc(F)cn2)C1. The van der Waals surface area contributed by atoms with Gasteiger partial charge in [-0.3, -0.25) is 0 Å². The molecule has 0 aromatic carbocycles. The number of hydrogen-bond acceptors (Lipinski definition) is 3. The van der Waals surface area contributed by atoms with Crippen LogP contribution in [0.25, 0.3) is 0 Å². The summed E-state index contributed by atoms with van der Waals surface area (Å²) in [5.74, 6) is 1.29. The maximum atomic E-state index is 12.7. The number of nitrogens with zero attached hydrogens (tertiary/aromatic N) is 2. The molecule has 82 valence electrons. The Labute approximate surface area is 89.3 Å². The van der Waals surface area contributed by atoms with Gasteiger partial charge in [-0.15, -0.1) is 0 Å². The van der Waals surface area contributed by atoms with Gasteiger partial charge in [0, 0.05) is 13.1 Å². The Bertz CT molecular complexity index is 312. The third-order valence-corrected chi connectivity index (χ3v) is 2.81. The molecule has 1 aliphatic heterocycles. The van der Waals surface area contributed by atoms with Crippen LogP contribution in [-0.2, 0) is 0 Å². The Hall–Kier alpha value is -1.16. The van der Waals surface area contributed by atoms with Crippen LogP contribution < -0.4 is 10.2 Å². The highest BCUT2D eigenvalue weighted by atomic mass is 19.1. The van der Waals surface area contributed by atoms with Crippen molar-refractivity contribution in [3.63, 3.8) is 0 Å². The molecule has 0 amide bonds. The maximum absolute atomic E-state index is 12.7. The van der Waals surface area contributed by atoms with Crippen LogP contribution in [0.3, 0.4) is 0 Å². The number of halogens is 1. The molecular formula is C11H16FN3. The van der Waals surface area contributed by atoms with Crippen molar-refractivity contribution in [2.75, 3.05) is 31.6 Å². The van der Waals surface area contributed by atoms with Gasteiger partial charge in [-0.2, -0.15) is 0 Å². The zero-order chi connectivity index (χ0) is 10.7. The summed E-state index contributed by atoms with van der Waals surface area (Å²) < 4.78 is 12.7. The largest absolute Gasteiger partial charge is 0.356 e. The van der Waals surface area contributed by atoms with Crippen LogP contribution in [0.2, 0.25) is 0 Å². The second kappa shape index (κ2) is 4.57. The molecule has 1 N–H and O–H groups in total. The molecule has 0 saturated carbocycles. The molecule has 1 aromatic heterocycles. The molecule has 0 aliphatic carbocycles. The lowest BCUT2D eigenvalue weighted by Crippen LogP contribution is -2.24. The predicted molar refractivity (Wildman–Crippen MR) is 58.4 cm³/mol. The van der Waals surface area contributed by atoms with E-state index < -0.39 is 0 Å². The van der Waals surface area contributed by atoms with E-state index in [1.54, 1.807) is 6.07 Å². The predicted octanol–water partition coefficient (Wildman–Crippen LogP) is 1.27. The van der Waals surface area contributed by atoms with Crippen molar-refractivity contribution in [3.8, 4) is 0 Å². The molecule has 1 aromatic rings. The molecule has 4 heteroatoms. The van der Waals surface area contributed by atoms with E-state index in [0.717, 1.165) is 25.5 Å². The summed E-state index contributed by atoms with van der Waals surface area (Å²) in [6, 6.07) is 3.21. The van der Waals surface area contributed by atoms with Crippen LogP contribution in [0.4, 0.5) is 10.2 Å². The lowest BCUT2D eigenvalue weighted by Gasteiger charge is -2.17. The van der Waals surface area contributed by atoms with E-state index in [-0.39, 0.29) is 5.82 Å². The van der Waals surface area contributed by atoms with Crippen molar-refractivity contribution in [3.05, 3.63) is 24.1 Å². The second-order valence-corrected chi connectivity index (χ2v) is 3.99. The fourth-order valence-electron chi connectivity index (χ4n) is 2.05. The van der Waals surface area contributed by atoms with Crippen LogP contribution in [0.15, 0.2) is 18.3 Å². The third-order valence-electron chi connectivity index (χ3n) is 2.81. The molecule has 0 bridgehead atoms. The Morgan fingerprint density at radius 1 is 1.60 bits per heavy atom. The lowest BCUT2D eigenvalue weighted by molar-refractivity contribution is 0.548. The zero-order valence-electron chi connectivity index (χ0n) is 8.91. The molecular weight excluding hydrogens is 193 g/mol. The molecule has 15 heavy (non-hydrogen) atoms. The fourth-order valence-corrected chi connectivity index (χ4v) is 2.05. The second-order valence-electron chi connectivity index (χ2n) is 3.99. The van der Waals surface area contributed by atoms with Crippen molar-refractivity contribution in [2.45, 2.75) is 6.42 Å². The molecule has 0 spiro atoms. The highest BCUT2D eigenvalue weighted by Gasteiger charge is 2.22. The summed E-state index contributed by atoms with van der Waals surface area (Å²) in [5, 5.41) is 3.18. The molecule has 1 fully saturated rings. The highest BCUT2D eigenvalue weighted by molar-refractivity contribution is 5.39. The number of nitrogens with one attached hydrogen (secondary N) is 1. The van der Waals surface area contributed by atoms with Crippen molar-refractivity contribution in [1.29, 1.82) is 0 Å². The summed E-state index contributed by atoms with van der Waals surface area (Å²) in [6.07, 6.45) is 2.46. The van der Waals surface area contributed by atoms with Gasteiger partial charge < -0.3 is 10.2 Å². The van der Waals surface area contributed by atoms with E-state index in [1.807, 2.05) is 7.05 Å². The third kappa shape index (κ3) is 2.45. The molecule has 1 atom stereocenters. The first-order chi connectivity index (χ1) is 7.29. The van der Waals surface area contributed by atoms with Crippen LogP contribution in [0.1, 0.15) is 6.42 Å². The minimum Gasteiger partial charge on any atom is -0.356 e. The van der Waals surface area contributed by atoms with E-state index in [1.165, 1.54) is 18.7 Å². The smallest absolute Gasteiger partial charge is 0.141 e. The van der Waals surface area contributed by atoms with Gasteiger partial charge in [0.1, 0.15) is 11.6 Å². The Morgan fingerprint density at radius 3 is 3.13 bits per heavy atom. The first kappa shape index (κ1) is 10.4. The fraction of sp³-hybridized carbons (Fsp3) is 0.545. The standard InChI is InChI=1S/C11H16FN3/c1-13-6-9-4-5-15(8-9)11-3-2-10(12)7-14-11/h2-3,7,9,13H,4-6,8H2,1H3. The first-order valence-corrected chi connectivity index (χ1v) is 5.30. The number of rotatable bonds is 3. The van der Waals surface area contributed by atoms with Gasteiger partial charge in [-0.1, -0.05) is 0 Å². The van der Waals surface area contributed by atoms with Gasteiger partial charge in [0.05, 0.1) is 6.20 Å². The monoisotopic (exact) mass is 209 g/mol. The maximum Gasteiger partial charge on any atom is 0.141 e. The Balaban J connectivity index is 1.98. The quantitative estimate of drug-likeness (QED) is 0.812. The van der Waals surface area contributed by atoms with Gasteiger partial charge in [0.2, 0.25) is 0 Å². The molecule has 1 aliphatic rings. The minimum atomic E-state index is -0.273. The van der Waals surface area contributed by atoms with Crippen molar-refractivity contribution >= 4 is 5.82 Å². The van der Waals surface area contributed by atoms with Gasteiger partial charge in [0.15, 0.2) is 0 Å². The van der Waals surface area contributed by atoms with Gasteiger partial charge in [-0.25, -0.2) is 9.37 Å².